The number of rotatable bonds is 7. The Morgan fingerprint density at radius 2 is 1.84 bits per heavy atom. The zero-order valence-corrected chi connectivity index (χ0v) is 23.0. The highest BCUT2D eigenvalue weighted by Gasteiger charge is 2.38. The average molecular weight is 523 g/mol. The molecular weight excluding hydrogens is 479 g/mol. The van der Waals surface area contributed by atoms with Crippen molar-refractivity contribution in [2.75, 3.05) is 56.1 Å². The zero-order valence-electron chi connectivity index (χ0n) is 23.0. The Balaban J connectivity index is 1.14. The quantitative estimate of drug-likeness (QED) is 0.582. The van der Waals surface area contributed by atoms with Gasteiger partial charge in [-0.25, -0.2) is 4.39 Å². The van der Waals surface area contributed by atoms with Crippen molar-refractivity contribution >= 4 is 17.3 Å². The van der Waals surface area contributed by atoms with Crippen LogP contribution in [0.5, 0.6) is 0 Å². The van der Waals surface area contributed by atoms with Gasteiger partial charge in [0.05, 0.1) is 17.5 Å². The van der Waals surface area contributed by atoms with Crippen LogP contribution < -0.4 is 15.5 Å². The molecule has 0 aliphatic carbocycles. The molecule has 8 heteroatoms. The number of likely N-dealkylation sites (N-methyl/N-ethyl adjacent to an activating group) is 1. The summed E-state index contributed by atoms with van der Waals surface area (Å²) in [5.74, 6) is 1.16. The molecule has 4 aliphatic heterocycles. The third kappa shape index (κ3) is 5.47. The number of hydrogen-bond acceptors (Lipinski definition) is 6. The number of benzene rings is 1. The topological polar surface area (TPSA) is 59.3 Å². The van der Waals surface area contributed by atoms with Gasteiger partial charge in [0.15, 0.2) is 0 Å². The van der Waals surface area contributed by atoms with Gasteiger partial charge in [0.2, 0.25) is 5.91 Å². The first-order valence-corrected chi connectivity index (χ1v) is 14.3. The van der Waals surface area contributed by atoms with E-state index in [1.54, 1.807) is 12.1 Å². The Labute approximate surface area is 227 Å². The van der Waals surface area contributed by atoms with E-state index in [1.807, 2.05) is 24.1 Å². The minimum absolute atomic E-state index is 0.0486. The van der Waals surface area contributed by atoms with Crippen LogP contribution in [-0.4, -0.2) is 79.1 Å². The molecule has 4 aliphatic rings. The van der Waals surface area contributed by atoms with Crippen LogP contribution in [-0.2, 0) is 4.79 Å². The van der Waals surface area contributed by atoms with E-state index in [1.165, 1.54) is 5.57 Å². The predicted molar refractivity (Wildman–Crippen MR) is 152 cm³/mol. The molecule has 0 spiro atoms. The van der Waals surface area contributed by atoms with E-state index in [-0.39, 0.29) is 23.9 Å². The van der Waals surface area contributed by atoms with Crippen molar-refractivity contribution in [1.82, 2.24) is 14.7 Å². The summed E-state index contributed by atoms with van der Waals surface area (Å²) in [6.45, 7) is 11.7. The van der Waals surface area contributed by atoms with Gasteiger partial charge < -0.3 is 25.3 Å². The first-order chi connectivity index (χ1) is 18.4. The molecule has 38 heavy (non-hydrogen) atoms. The van der Waals surface area contributed by atoms with Crippen LogP contribution in [0.3, 0.4) is 0 Å². The van der Waals surface area contributed by atoms with Gasteiger partial charge in [0.1, 0.15) is 11.6 Å². The van der Waals surface area contributed by atoms with Gasteiger partial charge in [-0.05, 0) is 75.0 Å². The minimum atomic E-state index is -0.213. The van der Waals surface area contributed by atoms with Gasteiger partial charge in [-0.15, -0.1) is 0 Å². The highest BCUT2D eigenvalue weighted by atomic mass is 19.1. The number of anilines is 2. The molecule has 2 fully saturated rings. The van der Waals surface area contributed by atoms with Crippen LogP contribution >= 0.6 is 0 Å². The van der Waals surface area contributed by atoms with Crippen LogP contribution in [0.4, 0.5) is 15.8 Å². The van der Waals surface area contributed by atoms with Crippen LogP contribution in [0.2, 0.25) is 0 Å². The van der Waals surface area contributed by atoms with Crippen LogP contribution in [0.15, 0.2) is 54.5 Å². The maximum absolute atomic E-state index is 14.1. The van der Waals surface area contributed by atoms with Crippen molar-refractivity contribution in [2.45, 2.75) is 57.7 Å². The van der Waals surface area contributed by atoms with Gasteiger partial charge in [0, 0.05) is 51.4 Å². The number of amides is 1. The van der Waals surface area contributed by atoms with Gasteiger partial charge >= 0.3 is 0 Å². The Kier molecular flexibility index (Phi) is 8.09. The van der Waals surface area contributed by atoms with Crippen LogP contribution in [0, 0.1) is 11.7 Å². The molecule has 1 aromatic carbocycles. The molecule has 0 bridgehead atoms. The van der Waals surface area contributed by atoms with Crippen molar-refractivity contribution in [3.8, 4) is 0 Å². The molecule has 7 nitrogen and oxygen atoms in total. The molecule has 206 valence electrons. The number of nitrogens with zero attached hydrogens (tertiary/aromatic N) is 5. The standard InChI is InChI=1S/C30H43FN6O/c1-4-5-14-36-22(2)37(27-8-7-25(31)19-28(27)36)26-12-17-35(18-13-26)30(38)24-10-15-34(16-11-24)21-23-6-9-29(32)33(3)20-23/h6-9,19-20,24,26,29H,2,4-5,10-18,21,32H2,1,3H3. The molecule has 2 saturated heterocycles. The predicted octanol–water partition coefficient (Wildman–Crippen LogP) is 4.10. The summed E-state index contributed by atoms with van der Waals surface area (Å²) in [6, 6.07) is 5.34. The second-order valence-electron chi connectivity index (χ2n) is 11.3. The molecule has 1 aromatic rings. The number of likely N-dealkylation sites (tertiary alicyclic amines) is 2. The zero-order chi connectivity index (χ0) is 26.8. The van der Waals surface area contributed by atoms with Crippen LogP contribution in [0.25, 0.3) is 0 Å². The van der Waals surface area contributed by atoms with Crippen molar-refractivity contribution in [1.29, 1.82) is 0 Å². The maximum Gasteiger partial charge on any atom is 0.225 e. The van der Waals surface area contributed by atoms with Gasteiger partial charge in [-0.3, -0.25) is 9.69 Å². The van der Waals surface area contributed by atoms with Crippen LogP contribution in [0.1, 0.15) is 45.4 Å². The highest BCUT2D eigenvalue weighted by Crippen LogP contribution is 2.44. The number of nitrogens with two attached hydrogens (primary N) is 1. The van der Waals surface area contributed by atoms with Crippen molar-refractivity contribution in [2.24, 2.45) is 11.7 Å². The summed E-state index contributed by atoms with van der Waals surface area (Å²) in [5, 5.41) is 0. The van der Waals surface area contributed by atoms with E-state index in [0.29, 0.717) is 5.91 Å². The smallest absolute Gasteiger partial charge is 0.225 e. The molecule has 0 aromatic heterocycles. The molecule has 1 atom stereocenters. The number of piperidine rings is 2. The molecule has 0 radical (unpaired) electrons. The third-order valence-corrected chi connectivity index (χ3v) is 8.64. The number of carbonyl (C=O) groups is 1. The fourth-order valence-corrected chi connectivity index (χ4v) is 6.34. The summed E-state index contributed by atoms with van der Waals surface area (Å²) >= 11 is 0. The fraction of sp³-hybridized carbons (Fsp3) is 0.567. The normalized spacial score (nSPS) is 23.3. The van der Waals surface area contributed by atoms with E-state index >= 15 is 0 Å². The maximum atomic E-state index is 14.1. The Morgan fingerprint density at radius 1 is 1.11 bits per heavy atom. The largest absolute Gasteiger partial charge is 0.362 e. The van der Waals surface area contributed by atoms with E-state index < -0.39 is 0 Å². The third-order valence-electron chi connectivity index (χ3n) is 8.64. The van der Waals surface area contributed by atoms with E-state index in [9.17, 15) is 9.18 Å². The SMILES string of the molecule is C=C1N(CCCC)c2cc(F)ccc2N1C1CCN(C(=O)C2CCN(CC3=CN(C)C(N)C=C3)CC2)CC1. The molecule has 5 rings (SSSR count). The van der Waals surface area contributed by atoms with E-state index in [2.05, 4.69) is 45.4 Å². The Bertz CT molecular complexity index is 1090. The summed E-state index contributed by atoms with van der Waals surface area (Å²) in [6.07, 6.45) is 12.0. The molecular formula is C30H43FN6O. The van der Waals surface area contributed by atoms with Gasteiger partial charge in [-0.2, -0.15) is 0 Å². The van der Waals surface area contributed by atoms with Crippen molar-refractivity contribution in [3.63, 3.8) is 0 Å². The molecule has 4 heterocycles. The van der Waals surface area contributed by atoms with Gasteiger partial charge in [-0.1, -0.05) is 26.0 Å². The Morgan fingerprint density at radius 3 is 2.53 bits per heavy atom. The molecule has 0 saturated carbocycles. The van der Waals surface area contributed by atoms with Crippen molar-refractivity contribution < 1.29 is 9.18 Å². The summed E-state index contributed by atoms with van der Waals surface area (Å²) in [4.78, 5) is 24.4. The lowest BCUT2D eigenvalue weighted by molar-refractivity contribution is -0.138. The summed E-state index contributed by atoms with van der Waals surface area (Å²) in [5.41, 5.74) is 9.24. The fourth-order valence-electron chi connectivity index (χ4n) is 6.34. The lowest BCUT2D eigenvalue weighted by Gasteiger charge is -2.40. The highest BCUT2D eigenvalue weighted by molar-refractivity contribution is 5.83. The number of unbranched alkanes of at least 4 members (excludes halogenated alkanes) is 1. The summed E-state index contributed by atoms with van der Waals surface area (Å²) < 4.78 is 14.1. The summed E-state index contributed by atoms with van der Waals surface area (Å²) in [7, 11) is 2.00. The first-order valence-electron chi connectivity index (χ1n) is 14.3. The van der Waals surface area contributed by atoms with E-state index in [4.69, 9.17) is 5.73 Å². The number of halogens is 1. The first kappa shape index (κ1) is 26.8. The number of fused-ring (bicyclic) bond motifs is 1. The Hall–Kier alpha value is -2.84. The second-order valence-corrected chi connectivity index (χ2v) is 11.3. The second kappa shape index (κ2) is 11.5. The lowest BCUT2D eigenvalue weighted by Crippen LogP contribution is -2.49. The molecule has 1 amide bonds. The van der Waals surface area contributed by atoms with E-state index in [0.717, 1.165) is 95.0 Å². The number of carbonyl (C=O) groups excluding carboxylic acids is 1. The molecule has 1 unspecified atom stereocenters. The average Bonchev–Trinajstić information content (AvgIpc) is 3.19. The number of hydrogen-bond donors (Lipinski definition) is 1. The van der Waals surface area contributed by atoms with Crippen molar-refractivity contribution in [3.05, 3.63) is 60.3 Å². The lowest BCUT2D eigenvalue weighted by atomic mass is 9.93. The van der Waals surface area contributed by atoms with Gasteiger partial charge in [0.25, 0.3) is 0 Å². The monoisotopic (exact) mass is 522 g/mol. The minimum Gasteiger partial charge on any atom is -0.362 e. The molecule has 2 N–H and O–H groups in total.